The van der Waals surface area contributed by atoms with E-state index in [4.69, 9.17) is 14.4 Å². The Morgan fingerprint density at radius 1 is 0.471 bits per heavy atom. The van der Waals surface area contributed by atoms with Crippen molar-refractivity contribution in [2.24, 2.45) is 9.98 Å². The molecule has 4 nitrogen and oxygen atoms in total. The van der Waals surface area contributed by atoms with E-state index in [1.54, 1.807) is 0 Å². The molecule has 0 aliphatic carbocycles. The van der Waals surface area contributed by atoms with E-state index >= 15 is 0 Å². The molecular formula is C47H31N3O. The molecule has 0 saturated carbocycles. The average Bonchev–Trinajstić information content (AvgIpc) is 3.60. The van der Waals surface area contributed by atoms with Crippen molar-refractivity contribution in [3.63, 3.8) is 0 Å². The summed E-state index contributed by atoms with van der Waals surface area (Å²) in [4.78, 5) is 10.5. The number of amidine groups is 2. The van der Waals surface area contributed by atoms with Crippen LogP contribution < -0.4 is 5.32 Å². The highest BCUT2D eigenvalue weighted by Crippen LogP contribution is 2.40. The summed E-state index contributed by atoms with van der Waals surface area (Å²) >= 11 is 0. The average molecular weight is 654 g/mol. The van der Waals surface area contributed by atoms with Gasteiger partial charge in [0.1, 0.15) is 23.2 Å². The number of nitrogens with one attached hydrogen (secondary N) is 1. The number of nitrogens with zero attached hydrogens (tertiary/aromatic N) is 2. The first kappa shape index (κ1) is 29.2. The van der Waals surface area contributed by atoms with Crippen LogP contribution in [0.4, 0.5) is 0 Å². The van der Waals surface area contributed by atoms with Crippen LogP contribution in [0.3, 0.4) is 0 Å². The number of rotatable bonds is 5. The van der Waals surface area contributed by atoms with Gasteiger partial charge in [0, 0.05) is 27.5 Å². The van der Waals surface area contributed by atoms with Crippen LogP contribution >= 0.6 is 0 Å². The van der Waals surface area contributed by atoms with E-state index in [2.05, 4.69) is 151 Å². The Bertz CT molecular complexity index is 2830. The van der Waals surface area contributed by atoms with Gasteiger partial charge in [0.2, 0.25) is 0 Å². The van der Waals surface area contributed by atoms with Gasteiger partial charge in [-0.1, -0.05) is 146 Å². The lowest BCUT2D eigenvalue weighted by atomic mass is 9.95. The molecule has 51 heavy (non-hydrogen) atoms. The zero-order chi connectivity index (χ0) is 33.7. The lowest BCUT2D eigenvalue weighted by Crippen LogP contribution is -2.33. The number of hydrogen-bond donors (Lipinski definition) is 1. The van der Waals surface area contributed by atoms with E-state index in [0.717, 1.165) is 55.6 Å². The maximum absolute atomic E-state index is 6.68. The molecule has 1 atom stereocenters. The second-order valence-electron chi connectivity index (χ2n) is 13.0. The first-order valence-corrected chi connectivity index (χ1v) is 17.3. The highest BCUT2D eigenvalue weighted by atomic mass is 16.3. The largest absolute Gasteiger partial charge is 0.455 e. The van der Waals surface area contributed by atoms with Crippen molar-refractivity contribution < 1.29 is 4.42 Å². The summed E-state index contributed by atoms with van der Waals surface area (Å²) in [6, 6.07) is 61.7. The fourth-order valence-corrected chi connectivity index (χ4v) is 7.31. The minimum absolute atomic E-state index is 0.326. The van der Waals surface area contributed by atoms with E-state index < -0.39 is 0 Å². The molecule has 1 unspecified atom stereocenters. The maximum atomic E-state index is 6.68. The second-order valence-corrected chi connectivity index (χ2v) is 13.0. The van der Waals surface area contributed by atoms with E-state index in [0.29, 0.717) is 5.84 Å². The van der Waals surface area contributed by atoms with Gasteiger partial charge >= 0.3 is 0 Å². The Morgan fingerprint density at radius 3 is 1.90 bits per heavy atom. The predicted molar refractivity (Wildman–Crippen MR) is 211 cm³/mol. The van der Waals surface area contributed by atoms with Gasteiger partial charge in [0.15, 0.2) is 5.84 Å². The minimum atomic E-state index is -0.326. The molecule has 2 heterocycles. The summed E-state index contributed by atoms with van der Waals surface area (Å²) in [5.41, 5.74) is 9.17. The summed E-state index contributed by atoms with van der Waals surface area (Å²) < 4.78 is 6.68. The standard InChI is InChI=1S/C47H31N3O/c1-2-12-34(13-3-1)45-48-46(38-25-21-31-11-5-7-15-36(31)29-38)50-47(49-45)41-27-26-39(44-43(41)40-16-8-9-17-42(40)51-44)33-22-18-32(19-23-33)37-24-20-30-10-4-6-14-35(30)28-37/h1-29,46H,(H,48,49,50). The molecule has 1 aliphatic heterocycles. The summed E-state index contributed by atoms with van der Waals surface area (Å²) in [7, 11) is 0. The van der Waals surface area contributed by atoms with Gasteiger partial charge in [0.05, 0.1) is 0 Å². The Labute approximate surface area is 295 Å². The van der Waals surface area contributed by atoms with Crippen molar-refractivity contribution in [3.05, 3.63) is 193 Å². The Morgan fingerprint density at radius 2 is 1.10 bits per heavy atom. The van der Waals surface area contributed by atoms with E-state index in [9.17, 15) is 0 Å². The maximum Gasteiger partial charge on any atom is 0.160 e. The highest BCUT2D eigenvalue weighted by molar-refractivity contribution is 6.23. The van der Waals surface area contributed by atoms with Gasteiger partial charge in [-0.3, -0.25) is 0 Å². The first-order chi connectivity index (χ1) is 25.2. The van der Waals surface area contributed by atoms with Crippen LogP contribution in [0.2, 0.25) is 0 Å². The van der Waals surface area contributed by atoms with E-state index in [1.807, 2.05) is 30.3 Å². The SMILES string of the molecule is c1ccc(C2=NC(c3ccc(-c4ccc(-c5ccc6ccccc6c5)cc4)c4oc5ccccc5c34)=NC(c3ccc4ccccc4c3)N2)cc1. The molecule has 8 aromatic carbocycles. The lowest BCUT2D eigenvalue weighted by molar-refractivity contribution is 0.669. The fraction of sp³-hybridized carbons (Fsp3) is 0.0213. The molecule has 240 valence electrons. The minimum Gasteiger partial charge on any atom is -0.455 e. The van der Waals surface area contributed by atoms with Crippen LogP contribution in [0, 0.1) is 0 Å². The van der Waals surface area contributed by atoms with Crippen LogP contribution in [0.1, 0.15) is 22.9 Å². The van der Waals surface area contributed by atoms with Gasteiger partial charge in [-0.15, -0.1) is 0 Å². The van der Waals surface area contributed by atoms with Crippen LogP contribution in [0.5, 0.6) is 0 Å². The molecular weight excluding hydrogens is 623 g/mol. The number of fused-ring (bicyclic) bond motifs is 5. The third-order valence-electron chi connectivity index (χ3n) is 9.92. The number of para-hydroxylation sites is 1. The van der Waals surface area contributed by atoms with Crippen LogP contribution in [0.15, 0.2) is 190 Å². The Hall–Kier alpha value is -6.78. The summed E-state index contributed by atoms with van der Waals surface area (Å²) in [5.74, 6) is 1.45. The molecule has 1 aromatic heterocycles. The van der Waals surface area contributed by atoms with Crippen molar-refractivity contribution in [2.75, 3.05) is 0 Å². The van der Waals surface area contributed by atoms with Gasteiger partial charge in [0.25, 0.3) is 0 Å². The molecule has 1 aliphatic rings. The van der Waals surface area contributed by atoms with Crippen LogP contribution in [-0.4, -0.2) is 11.7 Å². The smallest absolute Gasteiger partial charge is 0.160 e. The Balaban J connectivity index is 1.12. The van der Waals surface area contributed by atoms with Crippen molar-refractivity contribution >= 4 is 55.2 Å². The van der Waals surface area contributed by atoms with Crippen LogP contribution in [-0.2, 0) is 0 Å². The molecule has 0 spiro atoms. The highest BCUT2D eigenvalue weighted by Gasteiger charge is 2.25. The molecule has 0 saturated heterocycles. The molecule has 1 N–H and O–H groups in total. The second kappa shape index (κ2) is 12.0. The summed E-state index contributed by atoms with van der Waals surface area (Å²) in [6.07, 6.45) is -0.326. The van der Waals surface area contributed by atoms with Gasteiger partial charge < -0.3 is 9.73 Å². The number of benzene rings is 8. The molecule has 9 aromatic rings. The topological polar surface area (TPSA) is 49.9 Å². The summed E-state index contributed by atoms with van der Waals surface area (Å²) in [5, 5.41) is 10.5. The van der Waals surface area contributed by atoms with Crippen LogP contribution in [0.25, 0.3) is 65.7 Å². The van der Waals surface area contributed by atoms with Gasteiger partial charge in [-0.05, 0) is 74.1 Å². The number of hydrogen-bond acceptors (Lipinski definition) is 4. The van der Waals surface area contributed by atoms with Crippen molar-refractivity contribution in [1.82, 2.24) is 5.32 Å². The quantitative estimate of drug-likeness (QED) is 0.201. The number of furan rings is 1. The lowest BCUT2D eigenvalue weighted by Gasteiger charge is -2.24. The summed E-state index contributed by atoms with van der Waals surface area (Å²) in [6.45, 7) is 0. The number of aliphatic imine (C=N–C) groups is 2. The normalized spacial score (nSPS) is 14.5. The first-order valence-electron chi connectivity index (χ1n) is 17.3. The predicted octanol–water partition coefficient (Wildman–Crippen LogP) is 11.7. The van der Waals surface area contributed by atoms with E-state index in [-0.39, 0.29) is 6.17 Å². The van der Waals surface area contributed by atoms with E-state index in [1.165, 1.54) is 32.7 Å². The third kappa shape index (κ3) is 5.17. The third-order valence-corrected chi connectivity index (χ3v) is 9.92. The van der Waals surface area contributed by atoms with Gasteiger partial charge in [-0.25, -0.2) is 9.98 Å². The fourth-order valence-electron chi connectivity index (χ4n) is 7.31. The monoisotopic (exact) mass is 653 g/mol. The van der Waals surface area contributed by atoms with Crippen molar-refractivity contribution in [2.45, 2.75) is 6.17 Å². The molecule has 10 rings (SSSR count). The van der Waals surface area contributed by atoms with Crippen molar-refractivity contribution in [1.29, 1.82) is 0 Å². The zero-order valence-electron chi connectivity index (χ0n) is 27.6. The zero-order valence-corrected chi connectivity index (χ0v) is 27.6. The van der Waals surface area contributed by atoms with Gasteiger partial charge in [-0.2, -0.15) is 0 Å². The molecule has 0 amide bonds. The molecule has 0 fully saturated rings. The van der Waals surface area contributed by atoms with Crippen molar-refractivity contribution in [3.8, 4) is 22.3 Å². The Kier molecular flexibility index (Phi) is 6.85. The molecule has 4 heteroatoms. The molecule has 0 radical (unpaired) electrons. The molecule has 0 bridgehead atoms.